The van der Waals surface area contributed by atoms with Crippen LogP contribution in [0.3, 0.4) is 0 Å². The smallest absolute Gasteiger partial charge is 0.294 e. The molecule has 2 aromatic heterocycles. The molecule has 4 rings (SSSR count). The number of hydrogen-bond donors (Lipinski definition) is 0. The van der Waals surface area contributed by atoms with Gasteiger partial charge in [0.05, 0.1) is 16.5 Å². The van der Waals surface area contributed by atoms with Crippen molar-refractivity contribution in [2.45, 2.75) is 32.9 Å². The summed E-state index contributed by atoms with van der Waals surface area (Å²) in [5.41, 5.74) is -1.60. The van der Waals surface area contributed by atoms with Gasteiger partial charge in [0.2, 0.25) is 0 Å². The summed E-state index contributed by atoms with van der Waals surface area (Å²) < 4.78 is 64.5. The fraction of sp³-hybridized carbons (Fsp3) is 0.333. The van der Waals surface area contributed by atoms with E-state index >= 15 is 0 Å². The number of aromatic nitrogens is 3. The molecule has 0 atom stereocenters. The highest BCUT2D eigenvalue weighted by Gasteiger charge is 2.46. The maximum Gasteiger partial charge on any atom is 0.435 e. The van der Waals surface area contributed by atoms with Crippen LogP contribution < -0.4 is 0 Å². The van der Waals surface area contributed by atoms with Gasteiger partial charge in [-0.2, -0.15) is 18.3 Å². The third-order valence-electron chi connectivity index (χ3n) is 6.02. The van der Waals surface area contributed by atoms with E-state index in [4.69, 9.17) is 23.2 Å². The van der Waals surface area contributed by atoms with Crippen LogP contribution >= 0.6 is 23.2 Å². The maximum atomic E-state index is 13.5. The van der Waals surface area contributed by atoms with Crippen LogP contribution in [0.1, 0.15) is 51.0 Å². The molecule has 0 radical (unpaired) electrons. The Hall–Kier alpha value is -2.76. The van der Waals surface area contributed by atoms with Crippen LogP contribution in [0.4, 0.5) is 13.2 Å². The molecule has 0 bridgehead atoms. The number of hydrogen-bond acceptors (Lipinski definition) is 6. The van der Waals surface area contributed by atoms with Crippen molar-refractivity contribution in [2.24, 2.45) is 5.41 Å². The molecule has 1 aliphatic rings. The molecule has 1 aliphatic heterocycles. The van der Waals surface area contributed by atoms with Crippen molar-refractivity contribution >= 4 is 44.6 Å². The van der Waals surface area contributed by atoms with Crippen molar-refractivity contribution in [1.82, 2.24) is 14.8 Å². The largest absolute Gasteiger partial charge is 0.435 e. The Kier molecular flexibility index (Phi) is 7.02. The molecule has 1 fully saturated rings. The molecule has 1 aromatic carbocycles. The maximum absolute atomic E-state index is 13.5. The number of halogens is 5. The lowest BCUT2D eigenvalue weighted by Gasteiger charge is -2.37. The first-order chi connectivity index (χ1) is 17.1. The summed E-state index contributed by atoms with van der Waals surface area (Å²) in [6.07, 6.45) is -4.07. The fourth-order valence-electron chi connectivity index (χ4n) is 4.52. The number of aryl methyl sites for hydroxylation is 1. The number of benzene rings is 1. The van der Waals surface area contributed by atoms with Crippen molar-refractivity contribution in [1.29, 1.82) is 0 Å². The summed E-state index contributed by atoms with van der Waals surface area (Å²) in [6.45, 7) is 3.30. The Balaban J connectivity index is 1.73. The van der Waals surface area contributed by atoms with Crippen LogP contribution in [0.5, 0.6) is 0 Å². The predicted octanol–water partition coefficient (Wildman–Crippen LogP) is 5.33. The van der Waals surface area contributed by atoms with Crippen molar-refractivity contribution in [3.05, 3.63) is 74.7 Å². The van der Waals surface area contributed by atoms with Gasteiger partial charge in [0.25, 0.3) is 0 Å². The van der Waals surface area contributed by atoms with Gasteiger partial charge in [-0.15, -0.1) is 0 Å². The van der Waals surface area contributed by atoms with Gasteiger partial charge in [-0.1, -0.05) is 30.1 Å². The van der Waals surface area contributed by atoms with Crippen molar-refractivity contribution in [2.75, 3.05) is 11.5 Å². The molecule has 7 nitrogen and oxygen atoms in total. The van der Waals surface area contributed by atoms with Gasteiger partial charge < -0.3 is 0 Å². The van der Waals surface area contributed by atoms with Crippen LogP contribution in [-0.4, -0.2) is 46.3 Å². The van der Waals surface area contributed by atoms with Gasteiger partial charge in [0.1, 0.15) is 5.69 Å². The van der Waals surface area contributed by atoms with Crippen LogP contribution in [0.2, 0.25) is 10.0 Å². The van der Waals surface area contributed by atoms with E-state index < -0.39 is 50.8 Å². The van der Waals surface area contributed by atoms with Crippen LogP contribution in [0, 0.1) is 12.3 Å². The Morgan fingerprint density at radius 2 is 1.81 bits per heavy atom. The third-order valence-corrected chi connectivity index (χ3v) is 8.81. The summed E-state index contributed by atoms with van der Waals surface area (Å²) in [6, 6.07) is 6.40. The normalized spacial score (nSPS) is 16.3. The Labute approximate surface area is 220 Å². The number of ketones is 2. The van der Waals surface area contributed by atoms with E-state index in [2.05, 4.69) is 10.1 Å². The second kappa shape index (κ2) is 9.52. The van der Waals surface area contributed by atoms with E-state index in [1.54, 1.807) is 13.8 Å². The zero-order chi connectivity index (χ0) is 27.3. The first-order valence-corrected chi connectivity index (χ1v) is 13.5. The zero-order valence-electron chi connectivity index (χ0n) is 19.6. The summed E-state index contributed by atoms with van der Waals surface area (Å²) in [5, 5.41) is 3.74. The molecule has 3 heterocycles. The molecule has 0 amide bonds. The minimum Gasteiger partial charge on any atom is -0.294 e. The SMILES string of the molecule is Cc1cc(Cl)cc(C(=O)CC2(C)CS(=O)(=O)C2)c1CC(=O)c1cc(C(F)(F)F)nn1-c1ncccc1Cl. The van der Waals surface area contributed by atoms with Crippen LogP contribution in [0.15, 0.2) is 36.5 Å². The topological polar surface area (TPSA) is 99.0 Å². The van der Waals surface area contributed by atoms with Gasteiger partial charge in [-0.3, -0.25) is 9.59 Å². The molecule has 0 aliphatic carbocycles. The minimum absolute atomic E-state index is 0.0180. The number of rotatable bonds is 7. The van der Waals surface area contributed by atoms with E-state index in [1.807, 2.05) is 0 Å². The second-order valence-corrected chi connectivity index (χ2v) is 12.3. The molecule has 0 N–H and O–H groups in total. The average Bonchev–Trinajstić information content (AvgIpc) is 3.20. The molecule has 13 heteroatoms. The first kappa shape index (κ1) is 27.3. The fourth-order valence-corrected chi connectivity index (χ4v) is 7.24. The average molecular weight is 574 g/mol. The monoisotopic (exact) mass is 573 g/mol. The lowest BCUT2D eigenvalue weighted by Crippen LogP contribution is -2.47. The molecule has 196 valence electrons. The Morgan fingerprint density at radius 1 is 1.14 bits per heavy atom. The molecule has 0 spiro atoms. The van der Waals surface area contributed by atoms with Crippen molar-refractivity contribution in [3.8, 4) is 5.82 Å². The van der Waals surface area contributed by atoms with Crippen molar-refractivity contribution < 1.29 is 31.2 Å². The molecular formula is C24H20Cl2F3N3O4S. The highest BCUT2D eigenvalue weighted by Crippen LogP contribution is 2.38. The number of sulfone groups is 1. The van der Waals surface area contributed by atoms with E-state index in [0.717, 1.165) is 4.68 Å². The van der Waals surface area contributed by atoms with Crippen LogP contribution in [0.25, 0.3) is 5.82 Å². The number of carbonyl (C=O) groups is 2. The van der Waals surface area contributed by atoms with Gasteiger partial charge in [-0.25, -0.2) is 18.1 Å². The highest BCUT2D eigenvalue weighted by molar-refractivity contribution is 7.92. The quantitative estimate of drug-likeness (QED) is 0.354. The Bertz CT molecular complexity index is 1520. The summed E-state index contributed by atoms with van der Waals surface area (Å²) >= 11 is 12.3. The molecule has 3 aromatic rings. The number of nitrogens with zero attached hydrogens (tertiary/aromatic N) is 3. The zero-order valence-corrected chi connectivity index (χ0v) is 21.9. The molecule has 0 unspecified atom stereocenters. The summed E-state index contributed by atoms with van der Waals surface area (Å²) in [5.74, 6) is -1.61. The lowest BCUT2D eigenvalue weighted by atomic mass is 9.84. The minimum atomic E-state index is -4.84. The second-order valence-electron chi connectivity index (χ2n) is 9.42. The predicted molar refractivity (Wildman–Crippen MR) is 131 cm³/mol. The standard InChI is InChI=1S/C24H20Cl2F3N3O4S/c1-13-6-14(25)7-16(20(34)10-23(2)11-37(35,36)12-23)15(13)8-19(33)18-9-21(24(27,28)29)31-32(18)22-17(26)4-3-5-30-22/h3-7,9H,8,10-12H2,1-2H3. The number of alkyl halides is 3. The van der Waals surface area contributed by atoms with E-state index in [9.17, 15) is 31.2 Å². The summed E-state index contributed by atoms with van der Waals surface area (Å²) in [7, 11) is -3.19. The van der Waals surface area contributed by atoms with Crippen LogP contribution in [-0.2, 0) is 22.4 Å². The molecular weight excluding hydrogens is 554 g/mol. The molecule has 0 saturated carbocycles. The van der Waals surface area contributed by atoms with Crippen molar-refractivity contribution in [3.63, 3.8) is 0 Å². The van der Waals surface area contributed by atoms with E-state index in [1.165, 1.54) is 30.5 Å². The highest BCUT2D eigenvalue weighted by atomic mass is 35.5. The third kappa shape index (κ3) is 5.73. The first-order valence-electron chi connectivity index (χ1n) is 10.9. The van der Waals surface area contributed by atoms with Gasteiger partial charge >= 0.3 is 6.18 Å². The number of pyridine rings is 1. The molecule has 37 heavy (non-hydrogen) atoms. The van der Waals surface area contributed by atoms with Gasteiger partial charge in [0.15, 0.2) is 32.9 Å². The number of Topliss-reactive ketones (excluding diaryl/α,β-unsaturated/α-hetero) is 2. The van der Waals surface area contributed by atoms with Gasteiger partial charge in [0, 0.05) is 41.1 Å². The number of carbonyl (C=O) groups excluding carboxylic acids is 2. The van der Waals surface area contributed by atoms with Gasteiger partial charge in [-0.05, 0) is 42.3 Å². The molecule has 1 saturated heterocycles. The van der Waals surface area contributed by atoms with E-state index in [0.29, 0.717) is 11.6 Å². The van der Waals surface area contributed by atoms with E-state index in [-0.39, 0.29) is 44.9 Å². The Morgan fingerprint density at radius 3 is 2.41 bits per heavy atom. The summed E-state index contributed by atoms with van der Waals surface area (Å²) in [4.78, 5) is 30.6. The lowest BCUT2D eigenvalue weighted by molar-refractivity contribution is -0.141.